The molecular weight excluding hydrogens is 479 g/mol. The summed E-state index contributed by atoms with van der Waals surface area (Å²) in [6.45, 7) is 3.19. The Hall–Kier alpha value is -3.63. The van der Waals surface area contributed by atoms with Crippen molar-refractivity contribution in [3.05, 3.63) is 77.0 Å². The molecule has 1 aromatic carbocycles. The van der Waals surface area contributed by atoms with Crippen LogP contribution in [0.25, 0.3) is 17.2 Å². The number of aromatic nitrogens is 3. The van der Waals surface area contributed by atoms with Crippen molar-refractivity contribution in [3.63, 3.8) is 0 Å². The zero-order valence-electron chi connectivity index (χ0n) is 19.5. The Balaban J connectivity index is 1.15. The van der Waals surface area contributed by atoms with Crippen LogP contribution in [0.1, 0.15) is 24.1 Å². The Labute approximate surface area is 212 Å². The molecule has 2 aliphatic heterocycles. The van der Waals surface area contributed by atoms with Crippen LogP contribution in [0, 0.1) is 11.7 Å². The molecule has 2 saturated heterocycles. The first kappa shape index (κ1) is 24.1. The van der Waals surface area contributed by atoms with Crippen LogP contribution in [0.3, 0.4) is 0 Å². The van der Waals surface area contributed by atoms with Crippen LogP contribution in [-0.4, -0.2) is 45.7 Å². The molecule has 0 aliphatic carbocycles. The molecule has 2 N–H and O–H groups in total. The summed E-state index contributed by atoms with van der Waals surface area (Å²) in [6, 6.07) is 11.3. The Morgan fingerprint density at radius 3 is 2.72 bits per heavy atom. The van der Waals surface area contributed by atoms with Crippen molar-refractivity contribution in [3.8, 4) is 11.1 Å². The average Bonchev–Trinajstić information content (AvgIpc) is 3.21. The molecule has 10 heteroatoms. The maximum absolute atomic E-state index is 14.3. The highest BCUT2D eigenvalue weighted by Crippen LogP contribution is 2.27. The van der Waals surface area contributed by atoms with Gasteiger partial charge < -0.3 is 10.2 Å². The van der Waals surface area contributed by atoms with E-state index < -0.39 is 5.91 Å². The van der Waals surface area contributed by atoms with Crippen molar-refractivity contribution in [1.82, 2.24) is 25.6 Å². The van der Waals surface area contributed by atoms with Crippen molar-refractivity contribution in [2.24, 2.45) is 5.92 Å². The molecule has 0 atom stereocenters. The molecule has 0 radical (unpaired) electrons. The number of nitrogens with zero attached hydrogens (tertiary/aromatic N) is 4. The number of pyridine rings is 1. The van der Waals surface area contributed by atoms with Gasteiger partial charge >= 0.3 is 0 Å². The SMILES string of the molecule is O=C1NC(=O)/C(=C/c2ccnc(N3CCC(CNCc4ccccc4-c4ccncc4F)CC3)n2)S1. The normalized spacial score (nSPS) is 17.6. The first-order valence-electron chi connectivity index (χ1n) is 11.8. The molecule has 2 aliphatic rings. The molecule has 2 aromatic heterocycles. The monoisotopic (exact) mass is 504 g/mol. The minimum Gasteiger partial charge on any atom is -0.341 e. The third kappa shape index (κ3) is 5.60. The predicted octanol–water partition coefficient (Wildman–Crippen LogP) is 4.01. The Kier molecular flexibility index (Phi) is 7.33. The summed E-state index contributed by atoms with van der Waals surface area (Å²) >= 11 is 0.876. The number of hydrogen-bond acceptors (Lipinski definition) is 8. The zero-order valence-corrected chi connectivity index (χ0v) is 20.3. The van der Waals surface area contributed by atoms with E-state index in [-0.39, 0.29) is 11.1 Å². The molecule has 0 bridgehead atoms. The van der Waals surface area contributed by atoms with Gasteiger partial charge in [0.15, 0.2) is 0 Å². The lowest BCUT2D eigenvalue weighted by Gasteiger charge is -2.32. The average molecular weight is 505 g/mol. The highest BCUT2D eigenvalue weighted by Gasteiger charge is 2.26. The summed E-state index contributed by atoms with van der Waals surface area (Å²) in [5.74, 6) is 0.422. The van der Waals surface area contributed by atoms with Gasteiger partial charge in [-0.05, 0) is 66.4 Å². The second-order valence-electron chi connectivity index (χ2n) is 8.71. The van der Waals surface area contributed by atoms with Gasteiger partial charge in [-0.1, -0.05) is 24.3 Å². The molecule has 36 heavy (non-hydrogen) atoms. The van der Waals surface area contributed by atoms with Crippen LogP contribution in [0.15, 0.2) is 59.9 Å². The second kappa shape index (κ2) is 11.0. The number of benzene rings is 1. The highest BCUT2D eigenvalue weighted by molar-refractivity contribution is 8.18. The third-order valence-corrected chi connectivity index (χ3v) is 7.12. The Morgan fingerprint density at radius 1 is 1.11 bits per heavy atom. The van der Waals surface area contributed by atoms with E-state index in [9.17, 15) is 14.0 Å². The number of halogens is 1. The minimum atomic E-state index is -0.396. The van der Waals surface area contributed by atoms with Crippen LogP contribution in [0.5, 0.6) is 0 Å². The quantitative estimate of drug-likeness (QED) is 0.466. The molecule has 2 fully saturated rings. The lowest BCUT2D eigenvalue weighted by molar-refractivity contribution is -0.115. The molecule has 8 nitrogen and oxygen atoms in total. The van der Waals surface area contributed by atoms with Crippen molar-refractivity contribution in [2.45, 2.75) is 19.4 Å². The number of imide groups is 1. The minimum absolute atomic E-state index is 0.321. The summed E-state index contributed by atoms with van der Waals surface area (Å²) in [5, 5.41) is 5.43. The van der Waals surface area contributed by atoms with Gasteiger partial charge in [0.25, 0.3) is 11.1 Å². The summed E-state index contributed by atoms with van der Waals surface area (Å²) in [7, 11) is 0. The number of carbonyl (C=O) groups is 2. The molecule has 3 aromatic rings. The number of nitrogens with one attached hydrogen (secondary N) is 2. The van der Waals surface area contributed by atoms with E-state index in [2.05, 4.69) is 30.5 Å². The van der Waals surface area contributed by atoms with Crippen molar-refractivity contribution < 1.29 is 14.0 Å². The van der Waals surface area contributed by atoms with Crippen LogP contribution < -0.4 is 15.5 Å². The largest absolute Gasteiger partial charge is 0.341 e. The van der Waals surface area contributed by atoms with Gasteiger partial charge in [-0.25, -0.2) is 14.4 Å². The van der Waals surface area contributed by atoms with Crippen molar-refractivity contribution >= 4 is 34.9 Å². The molecule has 4 heterocycles. The number of carbonyl (C=O) groups excluding carboxylic acids is 2. The molecule has 0 spiro atoms. The van der Waals surface area contributed by atoms with Gasteiger partial charge in [0, 0.05) is 37.6 Å². The number of amides is 2. The van der Waals surface area contributed by atoms with E-state index in [4.69, 9.17) is 0 Å². The Bertz CT molecular complexity index is 1310. The van der Waals surface area contributed by atoms with Gasteiger partial charge in [-0.3, -0.25) is 19.9 Å². The summed E-state index contributed by atoms with van der Waals surface area (Å²) in [4.78, 5) is 38.5. The van der Waals surface area contributed by atoms with E-state index >= 15 is 0 Å². The maximum Gasteiger partial charge on any atom is 0.290 e. The van der Waals surface area contributed by atoms with Crippen LogP contribution in [-0.2, 0) is 11.3 Å². The van der Waals surface area contributed by atoms with E-state index in [1.54, 1.807) is 30.6 Å². The third-order valence-electron chi connectivity index (χ3n) is 6.31. The molecular formula is C26H25FN6O2S. The van der Waals surface area contributed by atoms with Crippen LogP contribution in [0.2, 0.25) is 0 Å². The lowest BCUT2D eigenvalue weighted by Crippen LogP contribution is -2.38. The molecule has 0 unspecified atom stereocenters. The van der Waals surface area contributed by atoms with Crippen molar-refractivity contribution in [1.29, 1.82) is 0 Å². The summed E-state index contributed by atoms with van der Waals surface area (Å²) in [6.07, 6.45) is 8.13. The first-order chi connectivity index (χ1) is 17.6. The number of hydrogen-bond donors (Lipinski definition) is 2. The predicted molar refractivity (Wildman–Crippen MR) is 137 cm³/mol. The lowest BCUT2D eigenvalue weighted by atomic mass is 9.96. The van der Waals surface area contributed by atoms with E-state index in [0.29, 0.717) is 34.6 Å². The summed E-state index contributed by atoms with van der Waals surface area (Å²) in [5.41, 5.74) is 3.09. The standard InChI is InChI=1S/C26H25FN6O2S/c27-22-16-28-9-6-21(22)20-4-2-1-3-18(20)15-29-14-17-7-11-33(12-8-17)25-30-10-5-19(31-25)13-23-24(34)32-26(35)36-23/h1-6,9-10,13,16-17,29H,7-8,11-12,14-15H2,(H,32,34,35)/b23-13-. The number of thioether (sulfide) groups is 1. The fraction of sp³-hybridized carbons (Fsp3) is 0.269. The fourth-order valence-electron chi connectivity index (χ4n) is 4.43. The summed E-state index contributed by atoms with van der Waals surface area (Å²) < 4.78 is 14.3. The fourth-order valence-corrected chi connectivity index (χ4v) is 5.10. The molecule has 5 rings (SSSR count). The smallest absolute Gasteiger partial charge is 0.290 e. The van der Waals surface area contributed by atoms with E-state index in [0.717, 1.165) is 55.4 Å². The van der Waals surface area contributed by atoms with Crippen molar-refractivity contribution in [2.75, 3.05) is 24.5 Å². The van der Waals surface area contributed by atoms with Gasteiger partial charge in [0.1, 0.15) is 5.82 Å². The second-order valence-corrected chi connectivity index (χ2v) is 9.72. The zero-order chi connectivity index (χ0) is 24.9. The number of piperidine rings is 1. The maximum atomic E-state index is 14.3. The van der Waals surface area contributed by atoms with Crippen LogP contribution >= 0.6 is 11.8 Å². The molecule has 184 valence electrons. The van der Waals surface area contributed by atoms with E-state index in [1.165, 1.54) is 6.20 Å². The highest BCUT2D eigenvalue weighted by atomic mass is 32.2. The van der Waals surface area contributed by atoms with Crippen LogP contribution in [0.4, 0.5) is 15.1 Å². The topological polar surface area (TPSA) is 100 Å². The Morgan fingerprint density at radius 2 is 1.94 bits per heavy atom. The van der Waals surface area contributed by atoms with Gasteiger partial charge in [-0.15, -0.1) is 0 Å². The van der Waals surface area contributed by atoms with Gasteiger partial charge in [0.2, 0.25) is 5.95 Å². The molecule has 2 amide bonds. The van der Waals surface area contributed by atoms with Gasteiger partial charge in [-0.2, -0.15) is 0 Å². The van der Waals surface area contributed by atoms with E-state index in [1.807, 2.05) is 24.3 Å². The number of rotatable bonds is 7. The number of anilines is 1. The first-order valence-corrected chi connectivity index (χ1v) is 12.6. The van der Waals surface area contributed by atoms with Gasteiger partial charge in [0.05, 0.1) is 16.8 Å². The molecule has 0 saturated carbocycles.